The third-order valence-corrected chi connectivity index (χ3v) is 9.39. The van der Waals surface area contributed by atoms with Gasteiger partial charge in [-0.2, -0.15) is 0 Å². The number of hydroxylamine groups is 2. The number of nitrogens with zero attached hydrogens (tertiary/aromatic N) is 1. The van der Waals surface area contributed by atoms with Crippen molar-refractivity contribution in [2.24, 2.45) is 40.5 Å². The molecule has 2 aliphatic carbocycles. The fourth-order valence-corrected chi connectivity index (χ4v) is 6.83. The summed E-state index contributed by atoms with van der Waals surface area (Å²) in [5, 5.41) is 59.4. The van der Waals surface area contributed by atoms with E-state index in [-0.39, 0.29) is 44.2 Å². The molecule has 2 saturated heterocycles. The van der Waals surface area contributed by atoms with Gasteiger partial charge in [0.15, 0.2) is 6.29 Å². The molecule has 1 unspecified atom stereocenters. The third-order valence-electron chi connectivity index (χ3n) is 9.39. The van der Waals surface area contributed by atoms with E-state index in [9.17, 15) is 30.4 Å². The minimum absolute atomic E-state index is 0.00606. The molecule has 4 fully saturated rings. The van der Waals surface area contributed by atoms with E-state index >= 15 is 0 Å². The smallest absolute Gasteiger partial charge is 0.341 e. The molecular formula is C26H52N8O9. The fourth-order valence-electron chi connectivity index (χ4n) is 6.83. The van der Waals surface area contributed by atoms with Crippen LogP contribution < -0.4 is 39.3 Å². The van der Waals surface area contributed by atoms with E-state index in [0.717, 1.165) is 32.2 Å². The predicted octanol–water partition coefficient (Wildman–Crippen LogP) is -5.22. The maximum atomic E-state index is 12.7. The van der Waals surface area contributed by atoms with Crippen LogP contribution >= 0.6 is 0 Å². The molecule has 13 atom stereocenters. The van der Waals surface area contributed by atoms with Crippen molar-refractivity contribution in [3.05, 3.63) is 0 Å². The highest BCUT2D eigenvalue weighted by molar-refractivity contribution is 5.73. The van der Waals surface area contributed by atoms with Gasteiger partial charge in [0.2, 0.25) is 0 Å². The summed E-state index contributed by atoms with van der Waals surface area (Å²) in [7, 11) is 0. The lowest BCUT2D eigenvalue weighted by Crippen LogP contribution is -2.70. The zero-order valence-electron chi connectivity index (χ0n) is 24.4. The van der Waals surface area contributed by atoms with Gasteiger partial charge >= 0.3 is 6.03 Å². The molecule has 2 aliphatic heterocycles. The number of hydrogen-bond acceptors (Lipinski definition) is 15. The first-order valence-corrected chi connectivity index (χ1v) is 15.3. The van der Waals surface area contributed by atoms with Gasteiger partial charge in [0.1, 0.15) is 24.4 Å². The standard InChI is InChI=1S/C26H52N8O9/c27-3-4-34(40)26(39)33-16-7-14(30)18(21(37)24(16)43-25-22(38)19(31)20(36)17(10-35)42-25)23-15(2-1-13(8-28)41-23)32-9-11-5-12(29)6-11/h11-25,32,35-38,40H,1-10,27-31H2,(H,33,39)/t11?,12?,13-,14-,15+,16+,17+,18?,19-,20+,21-,22+,23-,24-,25+/m0/s1. The van der Waals surface area contributed by atoms with Crippen molar-refractivity contribution in [3.63, 3.8) is 0 Å². The summed E-state index contributed by atoms with van der Waals surface area (Å²) in [6.07, 6.45) is -5.50. The van der Waals surface area contributed by atoms with Crippen molar-refractivity contribution >= 4 is 6.03 Å². The Balaban J connectivity index is 1.58. The fraction of sp³-hybridized carbons (Fsp3) is 0.962. The Morgan fingerprint density at radius 2 is 1.70 bits per heavy atom. The van der Waals surface area contributed by atoms with E-state index in [1.54, 1.807) is 0 Å². The van der Waals surface area contributed by atoms with Gasteiger partial charge in [-0.05, 0) is 44.6 Å². The van der Waals surface area contributed by atoms with Crippen LogP contribution in [0.4, 0.5) is 4.79 Å². The van der Waals surface area contributed by atoms with E-state index < -0.39 is 79.6 Å². The maximum absolute atomic E-state index is 12.7. The second-order valence-corrected chi connectivity index (χ2v) is 12.5. The summed E-state index contributed by atoms with van der Waals surface area (Å²) >= 11 is 0. The lowest BCUT2D eigenvalue weighted by Gasteiger charge is -2.51. The van der Waals surface area contributed by atoms with Gasteiger partial charge in [0.25, 0.3) is 0 Å². The molecule has 43 heavy (non-hydrogen) atoms. The molecule has 0 aromatic heterocycles. The van der Waals surface area contributed by atoms with Crippen LogP contribution in [0.5, 0.6) is 0 Å². The quantitative estimate of drug-likeness (QED) is 0.0758. The Hall–Kier alpha value is -1.29. The van der Waals surface area contributed by atoms with Crippen LogP contribution in [0.3, 0.4) is 0 Å². The highest BCUT2D eigenvalue weighted by Gasteiger charge is 2.53. The van der Waals surface area contributed by atoms with E-state index in [1.807, 2.05) is 0 Å². The Labute approximate surface area is 251 Å². The van der Waals surface area contributed by atoms with E-state index in [1.165, 1.54) is 0 Å². The number of carbonyl (C=O) groups excluding carboxylic acids is 1. The SMILES string of the molecule is NCCN(O)C(=O)N[C@@H]1C[C@H](N)C([C@H]2O[C@H](CN)CC[C@H]2NCC2CC(N)C2)[C@H](O)[C@H]1O[C@H]1O[C@H](CO)[C@@H](O)[C@H](N)[C@H]1O. The normalized spacial score (nSPS) is 45.3. The summed E-state index contributed by atoms with van der Waals surface area (Å²) in [5.41, 5.74) is 30.1. The molecule has 4 aliphatic rings. The van der Waals surface area contributed by atoms with Crippen molar-refractivity contribution in [2.45, 2.75) is 111 Å². The molecule has 2 amide bonds. The van der Waals surface area contributed by atoms with Gasteiger partial charge in [-0.3, -0.25) is 5.21 Å². The number of ether oxygens (including phenoxy) is 3. The first-order valence-electron chi connectivity index (χ1n) is 15.3. The molecule has 0 bridgehead atoms. The highest BCUT2D eigenvalue weighted by Crippen LogP contribution is 2.37. The average Bonchev–Trinajstić information content (AvgIpc) is 2.96. The van der Waals surface area contributed by atoms with Crippen LogP contribution in [0.2, 0.25) is 0 Å². The molecule has 0 aromatic carbocycles. The first-order chi connectivity index (χ1) is 20.5. The van der Waals surface area contributed by atoms with E-state index in [2.05, 4.69) is 10.6 Å². The van der Waals surface area contributed by atoms with Gasteiger partial charge in [-0.1, -0.05) is 0 Å². The van der Waals surface area contributed by atoms with Crippen molar-refractivity contribution in [2.75, 3.05) is 32.8 Å². The van der Waals surface area contributed by atoms with Gasteiger partial charge in [0, 0.05) is 37.1 Å². The minimum Gasteiger partial charge on any atom is -0.394 e. The number of hydrogen-bond donors (Lipinski definition) is 12. The van der Waals surface area contributed by atoms with E-state index in [4.69, 9.17) is 42.9 Å². The zero-order chi connectivity index (χ0) is 31.4. The van der Waals surface area contributed by atoms with Crippen LogP contribution in [0.25, 0.3) is 0 Å². The van der Waals surface area contributed by atoms with Crippen molar-refractivity contribution in [1.29, 1.82) is 0 Å². The number of rotatable bonds is 11. The zero-order valence-corrected chi connectivity index (χ0v) is 24.4. The maximum Gasteiger partial charge on any atom is 0.341 e. The molecule has 4 rings (SSSR count). The summed E-state index contributed by atoms with van der Waals surface area (Å²) in [6, 6.07) is -3.70. The highest BCUT2D eigenvalue weighted by atomic mass is 16.7. The number of nitrogens with two attached hydrogens (primary N) is 5. The average molecular weight is 621 g/mol. The number of nitrogens with one attached hydrogen (secondary N) is 2. The van der Waals surface area contributed by atoms with Gasteiger partial charge in [0.05, 0.1) is 43.5 Å². The lowest BCUT2D eigenvalue weighted by atomic mass is 9.72. The van der Waals surface area contributed by atoms with Crippen LogP contribution in [-0.2, 0) is 14.2 Å². The lowest BCUT2D eigenvalue weighted by molar-refractivity contribution is -0.306. The molecule has 2 heterocycles. The second kappa shape index (κ2) is 15.3. The number of aliphatic hydroxyl groups excluding tert-OH is 4. The first kappa shape index (κ1) is 34.6. The molecule has 17 heteroatoms. The van der Waals surface area contributed by atoms with Crippen LogP contribution in [-0.4, -0.2) is 149 Å². The molecule has 2 saturated carbocycles. The van der Waals surface area contributed by atoms with Crippen molar-refractivity contribution < 1.29 is 44.6 Å². The molecule has 17 N–H and O–H groups in total. The Kier molecular flexibility index (Phi) is 12.3. The molecule has 17 nitrogen and oxygen atoms in total. The Morgan fingerprint density at radius 1 is 0.977 bits per heavy atom. The summed E-state index contributed by atoms with van der Waals surface area (Å²) in [4.78, 5) is 12.7. The molecule has 0 aromatic rings. The van der Waals surface area contributed by atoms with Crippen molar-refractivity contribution in [1.82, 2.24) is 15.7 Å². The van der Waals surface area contributed by atoms with Gasteiger partial charge in [-0.15, -0.1) is 0 Å². The molecular weight excluding hydrogens is 568 g/mol. The summed E-state index contributed by atoms with van der Waals surface area (Å²) < 4.78 is 18.2. The third kappa shape index (κ3) is 7.93. The Bertz CT molecular complexity index is 890. The molecule has 0 radical (unpaired) electrons. The van der Waals surface area contributed by atoms with Crippen LogP contribution in [0.1, 0.15) is 32.1 Å². The molecule has 250 valence electrons. The number of urea groups is 1. The minimum atomic E-state index is -1.53. The number of carbonyl (C=O) groups is 1. The summed E-state index contributed by atoms with van der Waals surface area (Å²) in [5.74, 6) is -0.251. The van der Waals surface area contributed by atoms with E-state index in [0.29, 0.717) is 11.0 Å². The van der Waals surface area contributed by atoms with Crippen molar-refractivity contribution in [3.8, 4) is 0 Å². The predicted molar refractivity (Wildman–Crippen MR) is 152 cm³/mol. The largest absolute Gasteiger partial charge is 0.394 e. The molecule has 0 spiro atoms. The number of aliphatic hydroxyl groups is 4. The van der Waals surface area contributed by atoms with Gasteiger partial charge in [-0.25, -0.2) is 9.86 Å². The number of amides is 2. The van der Waals surface area contributed by atoms with Crippen LogP contribution in [0, 0.1) is 11.8 Å². The second-order valence-electron chi connectivity index (χ2n) is 12.5. The topological polar surface area (TPSA) is 303 Å². The summed E-state index contributed by atoms with van der Waals surface area (Å²) in [6.45, 7) is 0.283. The Morgan fingerprint density at radius 3 is 2.33 bits per heavy atom. The van der Waals surface area contributed by atoms with Gasteiger partial charge < -0.3 is 73.9 Å². The monoisotopic (exact) mass is 620 g/mol. The van der Waals surface area contributed by atoms with Crippen LogP contribution in [0.15, 0.2) is 0 Å².